The van der Waals surface area contributed by atoms with Gasteiger partial charge in [0.15, 0.2) is 0 Å². The molecule has 1 N–H and O–H groups in total. The van der Waals surface area contributed by atoms with Crippen LogP contribution in [0.25, 0.3) is 0 Å². The molecule has 0 aliphatic heterocycles. The van der Waals surface area contributed by atoms with Crippen LogP contribution in [0.4, 0.5) is 0 Å². The predicted octanol–water partition coefficient (Wildman–Crippen LogP) is 11.9. The predicted molar refractivity (Wildman–Crippen MR) is 196 cm³/mol. The van der Waals surface area contributed by atoms with Gasteiger partial charge in [-0.3, -0.25) is 0 Å². The summed E-state index contributed by atoms with van der Waals surface area (Å²) in [4.78, 5) is 27.4. The lowest BCUT2D eigenvalue weighted by Crippen LogP contribution is -2.24. The van der Waals surface area contributed by atoms with Crippen LogP contribution in [0.3, 0.4) is 0 Å². The number of phenols is 1. The molecule has 0 saturated heterocycles. The van der Waals surface area contributed by atoms with Crippen molar-refractivity contribution in [1.82, 2.24) is 0 Å². The van der Waals surface area contributed by atoms with Crippen molar-refractivity contribution in [3.05, 3.63) is 57.6 Å². The van der Waals surface area contributed by atoms with E-state index in [9.17, 15) is 14.7 Å². The van der Waals surface area contributed by atoms with Crippen LogP contribution in [0.15, 0.2) is 24.3 Å². The van der Waals surface area contributed by atoms with Crippen molar-refractivity contribution in [2.75, 3.05) is 6.61 Å². The summed E-state index contributed by atoms with van der Waals surface area (Å²) < 4.78 is 12.1. The van der Waals surface area contributed by atoms with E-state index in [1.807, 2.05) is 53.7 Å². The zero-order valence-electron chi connectivity index (χ0n) is 32.2. The first-order valence-corrected chi connectivity index (χ1v) is 18.0. The maximum Gasteiger partial charge on any atom is 0.343 e. The molecular weight excluding hydrogens is 584 g/mol. The molecular formula is C42H66O5. The van der Waals surface area contributed by atoms with Crippen LogP contribution < -0.4 is 4.74 Å². The molecule has 2 aromatic rings. The van der Waals surface area contributed by atoms with Crippen molar-refractivity contribution >= 4 is 11.9 Å². The second-order valence-corrected chi connectivity index (χ2v) is 17.5. The van der Waals surface area contributed by atoms with Gasteiger partial charge in [-0.1, -0.05) is 148 Å². The minimum atomic E-state index is -0.492. The molecule has 0 spiro atoms. The minimum absolute atomic E-state index is 0.216. The largest absolute Gasteiger partial charge is 0.507 e. The highest BCUT2D eigenvalue weighted by atomic mass is 16.5. The molecule has 0 bridgehead atoms. The summed E-state index contributed by atoms with van der Waals surface area (Å²) in [5.74, 6) is -0.150. The Hall–Kier alpha value is -2.82. The smallest absolute Gasteiger partial charge is 0.343 e. The fraction of sp³-hybridized carbons (Fsp3) is 0.667. The van der Waals surface area contributed by atoms with Crippen LogP contribution in [0.2, 0.25) is 0 Å². The lowest BCUT2D eigenvalue weighted by Gasteiger charge is -2.30. The summed E-state index contributed by atoms with van der Waals surface area (Å²) in [6, 6.07) is 7.16. The number of ether oxygens (including phenoxy) is 2. The van der Waals surface area contributed by atoms with Gasteiger partial charge in [-0.25, -0.2) is 9.59 Å². The van der Waals surface area contributed by atoms with E-state index in [-0.39, 0.29) is 22.5 Å². The number of esters is 2. The van der Waals surface area contributed by atoms with Gasteiger partial charge in [0, 0.05) is 22.3 Å². The Morgan fingerprint density at radius 2 is 0.872 bits per heavy atom. The Bertz CT molecular complexity index is 1270. The van der Waals surface area contributed by atoms with Gasteiger partial charge in [0.2, 0.25) is 0 Å². The van der Waals surface area contributed by atoms with Gasteiger partial charge in [-0.05, 0) is 52.3 Å². The summed E-state index contributed by atoms with van der Waals surface area (Å²) in [5, 5.41) is 11.2. The summed E-state index contributed by atoms with van der Waals surface area (Å²) in [6.45, 7) is 27.1. The molecule has 264 valence electrons. The van der Waals surface area contributed by atoms with E-state index in [0.717, 1.165) is 24.0 Å². The number of carbonyl (C=O) groups is 2. The number of rotatable bonds is 14. The number of phenolic OH excluding ortho intramolecular Hbond substituents is 1. The van der Waals surface area contributed by atoms with Crippen LogP contribution in [-0.4, -0.2) is 23.7 Å². The molecule has 0 heterocycles. The second kappa shape index (κ2) is 16.5. The Kier molecular flexibility index (Phi) is 14.2. The fourth-order valence-electron chi connectivity index (χ4n) is 5.86. The summed E-state index contributed by atoms with van der Waals surface area (Å²) in [6.07, 6.45) is 12.2. The maximum absolute atomic E-state index is 14.0. The first kappa shape index (κ1) is 40.4. The molecule has 0 atom stereocenters. The second-order valence-electron chi connectivity index (χ2n) is 17.5. The standard InChI is InChI=1S/C42H66O5/c1-14-15-16-17-18-19-20-21-22-23-24-46-37(44)29-27-33(41(8,9)10)36(34(28-29)42(11,12)13)47-38(45)30-25-31(39(2,3)4)35(43)32(26-30)40(5,6)7/h25-28,43H,14-24H2,1-13H3. The molecule has 0 aliphatic rings. The van der Waals surface area contributed by atoms with Crippen molar-refractivity contribution in [3.8, 4) is 11.5 Å². The van der Waals surface area contributed by atoms with E-state index in [4.69, 9.17) is 9.47 Å². The average Bonchev–Trinajstić information content (AvgIpc) is 2.93. The Morgan fingerprint density at radius 3 is 1.26 bits per heavy atom. The van der Waals surface area contributed by atoms with Crippen molar-refractivity contribution in [2.24, 2.45) is 0 Å². The number of carbonyl (C=O) groups excluding carboxylic acids is 2. The van der Waals surface area contributed by atoms with Crippen LogP contribution in [-0.2, 0) is 26.4 Å². The van der Waals surface area contributed by atoms with E-state index in [2.05, 4.69) is 48.5 Å². The topological polar surface area (TPSA) is 72.8 Å². The van der Waals surface area contributed by atoms with E-state index in [1.54, 1.807) is 12.1 Å². The molecule has 0 unspecified atom stereocenters. The highest BCUT2D eigenvalue weighted by Gasteiger charge is 2.33. The first-order valence-electron chi connectivity index (χ1n) is 18.0. The van der Waals surface area contributed by atoms with Crippen molar-refractivity contribution in [2.45, 2.75) is 176 Å². The zero-order valence-corrected chi connectivity index (χ0v) is 32.2. The molecule has 0 radical (unpaired) electrons. The lowest BCUT2D eigenvalue weighted by molar-refractivity contribution is 0.0497. The van der Waals surface area contributed by atoms with Gasteiger partial charge >= 0.3 is 11.9 Å². The molecule has 2 aromatic carbocycles. The molecule has 47 heavy (non-hydrogen) atoms. The van der Waals surface area contributed by atoms with Crippen molar-refractivity contribution in [1.29, 1.82) is 0 Å². The quantitative estimate of drug-likeness (QED) is 0.125. The number of benzene rings is 2. The van der Waals surface area contributed by atoms with Crippen LogP contribution in [0.1, 0.15) is 197 Å². The number of hydrogen-bond acceptors (Lipinski definition) is 5. The number of hydrogen-bond donors (Lipinski definition) is 1. The molecule has 5 nitrogen and oxygen atoms in total. The van der Waals surface area contributed by atoms with Crippen LogP contribution in [0.5, 0.6) is 11.5 Å². The van der Waals surface area contributed by atoms with Crippen molar-refractivity contribution < 1.29 is 24.2 Å². The van der Waals surface area contributed by atoms with Gasteiger partial charge in [0.05, 0.1) is 17.7 Å². The van der Waals surface area contributed by atoms with Crippen molar-refractivity contribution in [3.63, 3.8) is 0 Å². The summed E-state index contributed by atoms with van der Waals surface area (Å²) in [7, 11) is 0. The van der Waals surface area contributed by atoms with E-state index in [1.165, 1.54) is 51.4 Å². The molecule has 0 fully saturated rings. The van der Waals surface area contributed by atoms with Gasteiger partial charge < -0.3 is 14.6 Å². The normalized spacial score (nSPS) is 12.7. The lowest BCUT2D eigenvalue weighted by atomic mass is 9.78. The third kappa shape index (κ3) is 12.0. The number of aromatic hydroxyl groups is 1. The minimum Gasteiger partial charge on any atom is -0.507 e. The Labute approximate surface area is 287 Å². The summed E-state index contributed by atoms with van der Waals surface area (Å²) in [5.41, 5.74) is 2.18. The van der Waals surface area contributed by atoms with E-state index >= 15 is 0 Å². The molecule has 0 aromatic heterocycles. The third-order valence-electron chi connectivity index (χ3n) is 8.83. The third-order valence-corrected chi connectivity index (χ3v) is 8.83. The highest BCUT2D eigenvalue weighted by Crippen LogP contribution is 2.43. The number of unbranched alkanes of at least 4 members (excludes halogenated alkanes) is 9. The SMILES string of the molecule is CCCCCCCCCCCCOC(=O)c1cc(C(C)(C)C)c(OC(=O)c2cc(C(C)(C)C)c(O)c(C(C)(C)C)c2)c(C(C)(C)C)c1. The molecule has 2 rings (SSSR count). The molecule has 0 amide bonds. The van der Waals surface area contributed by atoms with Gasteiger partial charge in [0.1, 0.15) is 11.5 Å². The summed E-state index contributed by atoms with van der Waals surface area (Å²) >= 11 is 0. The van der Waals surface area contributed by atoms with Gasteiger partial charge in [-0.15, -0.1) is 0 Å². The van der Waals surface area contributed by atoms with Crippen LogP contribution >= 0.6 is 0 Å². The zero-order chi connectivity index (χ0) is 35.8. The Morgan fingerprint density at radius 1 is 0.532 bits per heavy atom. The maximum atomic E-state index is 14.0. The van der Waals surface area contributed by atoms with Gasteiger partial charge in [0.25, 0.3) is 0 Å². The molecule has 0 aliphatic carbocycles. The van der Waals surface area contributed by atoms with Gasteiger partial charge in [-0.2, -0.15) is 0 Å². The molecule has 0 saturated carbocycles. The Balaban J connectivity index is 2.35. The monoisotopic (exact) mass is 650 g/mol. The first-order chi connectivity index (χ1) is 21.6. The van der Waals surface area contributed by atoms with E-state index < -0.39 is 16.8 Å². The highest BCUT2D eigenvalue weighted by molar-refractivity contribution is 5.94. The molecule has 5 heteroatoms. The average molecular weight is 651 g/mol. The fourth-order valence-corrected chi connectivity index (χ4v) is 5.86. The van der Waals surface area contributed by atoms with E-state index in [0.29, 0.717) is 34.6 Å². The van der Waals surface area contributed by atoms with Crippen LogP contribution in [0, 0.1) is 0 Å².